The molecule has 11 heteroatoms. The minimum Gasteiger partial charge on any atom is -0.396 e. The zero-order valence-corrected chi connectivity index (χ0v) is 23.8. The van der Waals surface area contributed by atoms with Gasteiger partial charge < -0.3 is 20.6 Å². The van der Waals surface area contributed by atoms with Crippen molar-refractivity contribution in [3.8, 4) is 0 Å². The van der Waals surface area contributed by atoms with E-state index in [0.29, 0.717) is 13.1 Å². The van der Waals surface area contributed by atoms with E-state index in [2.05, 4.69) is 20.9 Å². The summed E-state index contributed by atoms with van der Waals surface area (Å²) < 4.78 is 1.02. The Morgan fingerprint density at radius 1 is 1.00 bits per heavy atom. The molecule has 0 radical (unpaired) electrons. The van der Waals surface area contributed by atoms with E-state index < -0.39 is 22.6 Å². The monoisotopic (exact) mass is 576 g/mol. The number of benzene rings is 2. The summed E-state index contributed by atoms with van der Waals surface area (Å²) in [5.41, 5.74) is 2.57. The normalized spacial score (nSPS) is 26.5. The van der Waals surface area contributed by atoms with E-state index in [4.69, 9.17) is 5.11 Å². The number of hydrogen-bond acceptors (Lipinski definition) is 7. The number of fused-ring (bicyclic) bond motifs is 2. The van der Waals surface area contributed by atoms with Gasteiger partial charge in [0.1, 0.15) is 18.2 Å². The predicted molar refractivity (Wildman–Crippen MR) is 155 cm³/mol. The van der Waals surface area contributed by atoms with Gasteiger partial charge in [-0.1, -0.05) is 60.5 Å². The fourth-order valence-corrected chi connectivity index (χ4v) is 9.15. The van der Waals surface area contributed by atoms with Crippen molar-refractivity contribution in [2.75, 3.05) is 13.2 Å². The van der Waals surface area contributed by atoms with Crippen molar-refractivity contribution in [1.29, 1.82) is 0 Å². The van der Waals surface area contributed by atoms with E-state index in [-0.39, 0.29) is 36.2 Å². The van der Waals surface area contributed by atoms with Crippen molar-refractivity contribution in [3.63, 3.8) is 0 Å². The van der Waals surface area contributed by atoms with Gasteiger partial charge in [-0.2, -0.15) is 0 Å². The summed E-state index contributed by atoms with van der Waals surface area (Å²) in [6.07, 6.45) is 4.72. The molecular weight excluding hydrogens is 540 g/mol. The lowest BCUT2D eigenvalue weighted by Gasteiger charge is -2.34. The van der Waals surface area contributed by atoms with Crippen molar-refractivity contribution in [3.05, 3.63) is 60.2 Å². The first-order chi connectivity index (χ1) is 20.0. The highest BCUT2D eigenvalue weighted by Gasteiger charge is 2.73. The van der Waals surface area contributed by atoms with E-state index in [1.54, 1.807) is 21.3 Å². The third-order valence-corrected chi connectivity index (χ3v) is 10.7. The number of aromatic nitrogens is 3. The van der Waals surface area contributed by atoms with Crippen molar-refractivity contribution < 1.29 is 19.5 Å². The number of amides is 3. The molecule has 5 atom stereocenters. The van der Waals surface area contributed by atoms with Gasteiger partial charge in [0.25, 0.3) is 0 Å². The van der Waals surface area contributed by atoms with Crippen LogP contribution in [-0.4, -0.2) is 71.9 Å². The Hall–Kier alpha value is -3.44. The van der Waals surface area contributed by atoms with E-state index in [9.17, 15) is 14.4 Å². The molecule has 0 aliphatic carbocycles. The van der Waals surface area contributed by atoms with Crippen LogP contribution >= 0.6 is 11.8 Å². The number of aliphatic hydroxyl groups is 1. The average molecular weight is 577 g/mol. The molecule has 3 aromatic rings. The van der Waals surface area contributed by atoms with Crippen LogP contribution in [0.15, 0.2) is 54.6 Å². The van der Waals surface area contributed by atoms with Gasteiger partial charge in [0.15, 0.2) is 0 Å². The third-order valence-electron chi connectivity index (χ3n) is 8.79. The summed E-state index contributed by atoms with van der Waals surface area (Å²) in [4.78, 5) is 43.4. The van der Waals surface area contributed by atoms with Gasteiger partial charge >= 0.3 is 0 Å². The van der Waals surface area contributed by atoms with Crippen LogP contribution in [0.25, 0.3) is 11.0 Å². The molecule has 0 saturated carbocycles. The molecule has 4 heterocycles. The molecule has 3 fully saturated rings. The summed E-state index contributed by atoms with van der Waals surface area (Å²) in [6, 6.07) is 16.7. The fourth-order valence-electron chi connectivity index (χ4n) is 6.93. The average Bonchev–Trinajstić information content (AvgIpc) is 3.74. The number of nitrogens with one attached hydrogen (secondary N) is 2. The van der Waals surface area contributed by atoms with Gasteiger partial charge in [-0.3, -0.25) is 14.4 Å². The Morgan fingerprint density at radius 3 is 2.61 bits per heavy atom. The molecule has 3 saturated heterocycles. The molecule has 216 valence electrons. The number of nitrogens with zero attached hydrogens (tertiary/aromatic N) is 4. The van der Waals surface area contributed by atoms with Crippen LogP contribution in [0.2, 0.25) is 0 Å². The Labute approximate surface area is 243 Å². The molecule has 41 heavy (non-hydrogen) atoms. The second kappa shape index (κ2) is 11.8. The SMILES string of the molecule is O=C(NCn1nnc2ccccc21)C1N(CCCCCCO)C(=O)[C@@H]2[C@H](C(=O)NCc3ccccc3)[C@@H]3CCC12S3. The van der Waals surface area contributed by atoms with Crippen molar-refractivity contribution in [2.24, 2.45) is 11.8 Å². The molecule has 1 spiro atoms. The van der Waals surface area contributed by atoms with Crippen LogP contribution in [0.3, 0.4) is 0 Å². The number of hydrogen-bond donors (Lipinski definition) is 3. The maximum atomic E-state index is 14.1. The molecule has 10 nitrogen and oxygen atoms in total. The smallest absolute Gasteiger partial charge is 0.245 e. The van der Waals surface area contributed by atoms with Gasteiger partial charge in [-0.25, -0.2) is 4.68 Å². The molecule has 6 rings (SSSR count). The topological polar surface area (TPSA) is 129 Å². The molecular formula is C30H36N6O4S. The van der Waals surface area contributed by atoms with Crippen LogP contribution in [0.4, 0.5) is 0 Å². The Bertz CT molecular complexity index is 1420. The number of rotatable bonds is 12. The number of aliphatic hydroxyl groups excluding tert-OH is 1. The predicted octanol–water partition coefficient (Wildman–Crippen LogP) is 2.47. The quantitative estimate of drug-likeness (QED) is 0.283. The molecule has 2 unspecified atom stereocenters. The highest BCUT2D eigenvalue weighted by molar-refractivity contribution is 8.02. The second-order valence-electron chi connectivity index (χ2n) is 11.2. The molecule has 3 N–H and O–H groups in total. The summed E-state index contributed by atoms with van der Waals surface area (Å²) >= 11 is 1.67. The maximum absolute atomic E-state index is 14.1. The highest BCUT2D eigenvalue weighted by atomic mass is 32.2. The number of para-hydroxylation sites is 1. The van der Waals surface area contributed by atoms with Gasteiger partial charge in [0, 0.05) is 24.9 Å². The van der Waals surface area contributed by atoms with Crippen molar-refractivity contribution in [1.82, 2.24) is 30.5 Å². The Kier molecular flexibility index (Phi) is 7.99. The Balaban J connectivity index is 1.22. The highest BCUT2D eigenvalue weighted by Crippen LogP contribution is 2.66. The zero-order valence-electron chi connectivity index (χ0n) is 22.9. The molecule has 1 aromatic heterocycles. The molecule has 3 aliphatic rings. The minimum absolute atomic E-state index is 0.0148. The Morgan fingerprint density at radius 2 is 1.78 bits per heavy atom. The molecule has 2 aromatic carbocycles. The van der Waals surface area contributed by atoms with Gasteiger partial charge in [-0.15, -0.1) is 16.9 Å². The molecule has 3 amide bonds. The summed E-state index contributed by atoms with van der Waals surface area (Å²) in [5, 5.41) is 23.6. The number of likely N-dealkylation sites (tertiary alicyclic amines) is 1. The third kappa shape index (κ3) is 5.10. The van der Waals surface area contributed by atoms with E-state index >= 15 is 0 Å². The van der Waals surface area contributed by atoms with Crippen LogP contribution in [0, 0.1) is 11.8 Å². The number of unbranched alkanes of at least 4 members (excludes halogenated alkanes) is 3. The number of carbonyl (C=O) groups excluding carboxylic acids is 3. The van der Waals surface area contributed by atoms with Crippen LogP contribution < -0.4 is 10.6 Å². The molecule has 2 bridgehead atoms. The van der Waals surface area contributed by atoms with E-state index in [0.717, 1.165) is 55.1 Å². The minimum atomic E-state index is -0.658. The van der Waals surface area contributed by atoms with Crippen LogP contribution in [-0.2, 0) is 27.6 Å². The number of carbonyl (C=O) groups is 3. The number of thioether (sulfide) groups is 1. The van der Waals surface area contributed by atoms with Crippen molar-refractivity contribution >= 4 is 40.5 Å². The largest absolute Gasteiger partial charge is 0.396 e. The maximum Gasteiger partial charge on any atom is 0.245 e. The van der Waals surface area contributed by atoms with Crippen LogP contribution in [0.1, 0.15) is 44.1 Å². The first-order valence-electron chi connectivity index (χ1n) is 14.5. The lowest BCUT2D eigenvalue weighted by Crippen LogP contribution is -2.54. The standard InChI is InChI=1S/C30H36N6O4S/c37-17-9-2-1-8-16-35-26(28(39)32-19-36-22-13-7-6-12-21(22)33-34-36)30-15-14-23(41-30)24(25(30)29(35)40)27(38)31-18-20-10-4-3-5-11-20/h3-7,10-13,23-26,37H,1-2,8-9,14-19H2,(H,31,38)(H,32,39)/t23-,24+,25-,26?,30?/m0/s1. The van der Waals surface area contributed by atoms with E-state index in [1.165, 1.54) is 0 Å². The summed E-state index contributed by atoms with van der Waals surface area (Å²) in [5.74, 6) is -1.40. The van der Waals surface area contributed by atoms with Gasteiger partial charge in [0.2, 0.25) is 17.7 Å². The van der Waals surface area contributed by atoms with E-state index in [1.807, 2.05) is 54.6 Å². The van der Waals surface area contributed by atoms with Crippen molar-refractivity contribution in [2.45, 2.75) is 67.8 Å². The lowest BCUT2D eigenvalue weighted by molar-refractivity contribution is -0.140. The van der Waals surface area contributed by atoms with Gasteiger partial charge in [-0.05, 0) is 43.4 Å². The lowest BCUT2D eigenvalue weighted by atomic mass is 9.70. The summed E-state index contributed by atoms with van der Waals surface area (Å²) in [6.45, 7) is 1.15. The van der Waals surface area contributed by atoms with Crippen LogP contribution in [0.5, 0.6) is 0 Å². The first-order valence-corrected chi connectivity index (χ1v) is 15.4. The zero-order chi connectivity index (χ0) is 28.4. The summed E-state index contributed by atoms with van der Waals surface area (Å²) in [7, 11) is 0. The first kappa shape index (κ1) is 27.7. The molecule has 3 aliphatic heterocycles. The van der Waals surface area contributed by atoms with Gasteiger partial charge in [0.05, 0.1) is 22.1 Å². The second-order valence-corrected chi connectivity index (χ2v) is 12.8. The fraction of sp³-hybridized carbons (Fsp3) is 0.500.